The quantitative estimate of drug-likeness (QED) is 0.341. The van der Waals surface area contributed by atoms with Crippen LogP contribution in [0.25, 0.3) is 0 Å². The molecule has 0 unspecified atom stereocenters. The highest BCUT2D eigenvalue weighted by Crippen LogP contribution is 2.18. The van der Waals surface area contributed by atoms with Crippen LogP contribution in [0.5, 0.6) is 0 Å². The highest BCUT2D eigenvalue weighted by Gasteiger charge is 2.10. The third kappa shape index (κ3) is 6.84. The molecule has 0 saturated heterocycles. The zero-order valence-corrected chi connectivity index (χ0v) is 17.9. The molecule has 0 fully saturated rings. The second kappa shape index (κ2) is 11.5. The second-order valence-electron chi connectivity index (χ2n) is 6.73. The van der Waals surface area contributed by atoms with E-state index in [0.717, 1.165) is 11.1 Å². The van der Waals surface area contributed by atoms with Gasteiger partial charge in [-0.05, 0) is 23.3 Å². The number of hydrogen-bond donors (Lipinski definition) is 2. The maximum Gasteiger partial charge on any atom is 0.255 e. The Kier molecular flexibility index (Phi) is 8.51. The van der Waals surface area contributed by atoms with Crippen LogP contribution in [-0.2, 0) is 16.9 Å². The number of hydrogen-bond acceptors (Lipinski definition) is 8. The van der Waals surface area contributed by atoms with Gasteiger partial charge in [0.2, 0.25) is 5.95 Å². The van der Waals surface area contributed by atoms with Crippen molar-refractivity contribution in [2.75, 3.05) is 38.3 Å². The molecule has 0 aliphatic heterocycles. The summed E-state index contributed by atoms with van der Waals surface area (Å²) in [5.74, 6) is 0.790. The van der Waals surface area contributed by atoms with Crippen LogP contribution < -0.4 is 10.5 Å². The van der Waals surface area contributed by atoms with Crippen molar-refractivity contribution in [2.24, 2.45) is 0 Å². The summed E-state index contributed by atoms with van der Waals surface area (Å²) < 4.78 is 18.1. The number of methoxy groups -OCH3 is 1. The lowest BCUT2D eigenvalue weighted by molar-refractivity contribution is 0.202. The van der Waals surface area contributed by atoms with Crippen molar-refractivity contribution in [3.63, 3.8) is 0 Å². The molecule has 164 valence electrons. The first-order chi connectivity index (χ1) is 15.1. The topological polar surface area (TPSA) is 104 Å². The molecule has 0 amide bonds. The molecular weight excluding hydrogens is 421 g/mol. The molecule has 3 rings (SSSR count). The van der Waals surface area contributed by atoms with E-state index >= 15 is 0 Å². The van der Waals surface area contributed by atoms with Crippen molar-refractivity contribution in [3.8, 4) is 0 Å². The van der Waals surface area contributed by atoms with Crippen LogP contribution in [0.3, 0.4) is 0 Å². The number of nitrogens with one attached hydrogen (secondary N) is 1. The van der Waals surface area contributed by atoms with Crippen LogP contribution >= 0.6 is 11.8 Å². The number of aliphatic hydroxyl groups excluding tert-OH is 1. The molecule has 3 aromatic rings. The Bertz CT molecular complexity index is 1010. The van der Waals surface area contributed by atoms with Crippen LogP contribution in [0.2, 0.25) is 0 Å². The van der Waals surface area contributed by atoms with Crippen molar-refractivity contribution in [1.82, 2.24) is 19.9 Å². The average Bonchev–Trinajstić information content (AvgIpc) is 2.78. The van der Waals surface area contributed by atoms with Gasteiger partial charge in [0.25, 0.3) is 5.56 Å². The molecule has 10 heteroatoms. The third-order valence-corrected chi connectivity index (χ3v) is 5.40. The van der Waals surface area contributed by atoms with Crippen molar-refractivity contribution >= 4 is 17.7 Å². The molecule has 0 aliphatic rings. The van der Waals surface area contributed by atoms with E-state index in [0.29, 0.717) is 48.5 Å². The molecule has 0 spiro atoms. The summed E-state index contributed by atoms with van der Waals surface area (Å²) in [5.41, 5.74) is 2.01. The van der Waals surface area contributed by atoms with Gasteiger partial charge in [-0.2, -0.15) is 0 Å². The van der Waals surface area contributed by atoms with Crippen molar-refractivity contribution in [2.45, 2.75) is 17.3 Å². The number of rotatable bonds is 11. The third-order valence-electron chi connectivity index (χ3n) is 4.44. The van der Waals surface area contributed by atoms with Gasteiger partial charge in [-0.1, -0.05) is 23.9 Å². The van der Waals surface area contributed by atoms with E-state index < -0.39 is 0 Å². The Balaban J connectivity index is 1.61. The van der Waals surface area contributed by atoms with Gasteiger partial charge in [-0.25, -0.2) is 19.3 Å². The normalized spacial score (nSPS) is 10.9. The Morgan fingerprint density at radius 1 is 1.10 bits per heavy atom. The van der Waals surface area contributed by atoms with Crippen LogP contribution in [0.15, 0.2) is 52.8 Å². The van der Waals surface area contributed by atoms with Crippen molar-refractivity contribution < 1.29 is 14.2 Å². The van der Waals surface area contributed by atoms with Gasteiger partial charge in [-0.3, -0.25) is 4.79 Å². The summed E-state index contributed by atoms with van der Waals surface area (Å²) >= 11 is 1.37. The monoisotopic (exact) mass is 445 g/mol. The minimum Gasteiger partial charge on any atom is -0.395 e. The van der Waals surface area contributed by atoms with E-state index in [2.05, 4.69) is 19.9 Å². The van der Waals surface area contributed by atoms with Gasteiger partial charge >= 0.3 is 0 Å². The largest absolute Gasteiger partial charge is 0.395 e. The summed E-state index contributed by atoms with van der Waals surface area (Å²) in [6.45, 7) is 1.46. The van der Waals surface area contributed by atoms with Crippen LogP contribution in [0.4, 0.5) is 10.3 Å². The standard InChI is InChI=1S/C21H24FN5O3S/c1-30-9-7-27(6-8-28)20-23-11-16(12-24-20)10-17-13-25-21(26-19(17)29)31-14-15-2-4-18(22)5-3-15/h2-5,11-13,28H,6-10,14H2,1H3,(H,25,26,29). The first-order valence-electron chi connectivity index (χ1n) is 9.70. The zero-order chi connectivity index (χ0) is 22.1. The van der Waals surface area contributed by atoms with E-state index in [1.807, 2.05) is 4.90 Å². The maximum atomic E-state index is 13.0. The summed E-state index contributed by atoms with van der Waals surface area (Å²) in [6, 6.07) is 6.22. The van der Waals surface area contributed by atoms with Gasteiger partial charge in [0.15, 0.2) is 5.16 Å². The number of H-pyrrole nitrogens is 1. The number of aliphatic hydroxyl groups is 1. The molecule has 31 heavy (non-hydrogen) atoms. The predicted molar refractivity (Wildman–Crippen MR) is 117 cm³/mol. The Morgan fingerprint density at radius 3 is 2.48 bits per heavy atom. The SMILES string of the molecule is COCCN(CCO)c1ncc(Cc2cnc(SCc3ccc(F)cc3)[nH]c2=O)cn1. The summed E-state index contributed by atoms with van der Waals surface area (Å²) in [7, 11) is 1.61. The molecule has 2 N–H and O–H groups in total. The Morgan fingerprint density at radius 2 is 1.84 bits per heavy atom. The molecule has 0 radical (unpaired) electrons. The Hall–Kier alpha value is -2.82. The van der Waals surface area contributed by atoms with Gasteiger partial charge in [0.05, 0.1) is 13.2 Å². The van der Waals surface area contributed by atoms with Crippen molar-refractivity contribution in [1.29, 1.82) is 0 Å². The fourth-order valence-corrected chi connectivity index (χ4v) is 3.58. The number of nitrogens with zero attached hydrogens (tertiary/aromatic N) is 4. The van der Waals surface area contributed by atoms with Gasteiger partial charge < -0.3 is 19.7 Å². The van der Waals surface area contributed by atoms with Crippen LogP contribution in [0, 0.1) is 5.82 Å². The minimum atomic E-state index is -0.280. The second-order valence-corrected chi connectivity index (χ2v) is 7.69. The fraction of sp³-hybridized carbons (Fsp3) is 0.333. The number of halogens is 1. The average molecular weight is 446 g/mol. The van der Waals surface area contributed by atoms with Crippen LogP contribution in [0.1, 0.15) is 16.7 Å². The van der Waals surface area contributed by atoms with E-state index in [1.54, 1.807) is 37.8 Å². The first kappa shape index (κ1) is 22.9. The number of aromatic amines is 1. The molecule has 8 nitrogen and oxygen atoms in total. The minimum absolute atomic E-state index is 0.0125. The molecule has 1 aromatic carbocycles. The predicted octanol–water partition coefficient (Wildman–Crippen LogP) is 2.03. The molecular formula is C21H24FN5O3S. The molecule has 0 aliphatic carbocycles. The first-order valence-corrected chi connectivity index (χ1v) is 10.7. The number of aromatic nitrogens is 4. The molecule has 2 heterocycles. The van der Waals surface area contributed by atoms with Crippen LogP contribution in [-0.4, -0.2) is 58.5 Å². The fourth-order valence-electron chi connectivity index (χ4n) is 2.79. The lowest BCUT2D eigenvalue weighted by Crippen LogP contribution is -2.31. The van der Waals surface area contributed by atoms with Gasteiger partial charge in [-0.15, -0.1) is 0 Å². The van der Waals surface area contributed by atoms with Gasteiger partial charge in [0.1, 0.15) is 5.82 Å². The number of ether oxygens (including phenoxy) is 1. The molecule has 0 bridgehead atoms. The lowest BCUT2D eigenvalue weighted by atomic mass is 10.1. The summed E-state index contributed by atoms with van der Waals surface area (Å²) in [5, 5.41) is 9.72. The maximum absolute atomic E-state index is 13.0. The zero-order valence-electron chi connectivity index (χ0n) is 17.1. The number of anilines is 1. The molecule has 0 saturated carbocycles. The van der Waals surface area contributed by atoms with Gasteiger partial charge in [0, 0.05) is 56.5 Å². The van der Waals surface area contributed by atoms with E-state index in [-0.39, 0.29) is 18.0 Å². The summed E-state index contributed by atoms with van der Waals surface area (Å²) in [6.07, 6.45) is 5.23. The van der Waals surface area contributed by atoms with E-state index in [9.17, 15) is 14.3 Å². The number of thioether (sulfide) groups is 1. The molecule has 2 aromatic heterocycles. The Labute approximate surface area is 183 Å². The lowest BCUT2D eigenvalue weighted by Gasteiger charge is -2.21. The highest BCUT2D eigenvalue weighted by molar-refractivity contribution is 7.98. The van der Waals surface area contributed by atoms with Crippen molar-refractivity contribution in [3.05, 3.63) is 75.7 Å². The number of benzene rings is 1. The smallest absolute Gasteiger partial charge is 0.255 e. The highest BCUT2D eigenvalue weighted by atomic mass is 32.2. The van der Waals surface area contributed by atoms with E-state index in [4.69, 9.17) is 4.74 Å². The van der Waals surface area contributed by atoms with E-state index in [1.165, 1.54) is 23.9 Å². The summed E-state index contributed by atoms with van der Waals surface area (Å²) in [4.78, 5) is 30.0. The molecule has 0 atom stereocenters.